The number of amides is 1. The van der Waals surface area contributed by atoms with Crippen LogP contribution < -0.4 is 5.32 Å². The third kappa shape index (κ3) is 1.87. The van der Waals surface area contributed by atoms with Crippen LogP contribution in [0, 0.1) is 5.82 Å². The van der Waals surface area contributed by atoms with E-state index in [9.17, 15) is 9.18 Å². The molecule has 1 heterocycles. The molecule has 1 aromatic rings. The Morgan fingerprint density at radius 3 is 2.67 bits per heavy atom. The number of benzene rings is 1. The van der Waals surface area contributed by atoms with E-state index in [0.29, 0.717) is 0 Å². The summed E-state index contributed by atoms with van der Waals surface area (Å²) < 4.78 is 18.3. The Kier molecular flexibility index (Phi) is 2.71. The molecule has 1 saturated heterocycles. The van der Waals surface area contributed by atoms with E-state index in [1.54, 1.807) is 0 Å². The van der Waals surface area contributed by atoms with Crippen molar-refractivity contribution in [2.24, 2.45) is 0 Å². The fourth-order valence-corrected chi connectivity index (χ4v) is 1.84. The summed E-state index contributed by atoms with van der Waals surface area (Å²) in [5, 5.41) is 2.62. The Bertz CT molecular complexity index is 425. The highest BCUT2D eigenvalue weighted by Gasteiger charge is 2.29. The van der Waals surface area contributed by atoms with Crippen LogP contribution >= 0.6 is 23.2 Å². The largest absolute Gasteiger partial charge is 0.447 e. The van der Waals surface area contributed by atoms with Gasteiger partial charge in [-0.15, -0.1) is 0 Å². The van der Waals surface area contributed by atoms with Gasteiger partial charge in [0.2, 0.25) is 0 Å². The van der Waals surface area contributed by atoms with Crippen molar-refractivity contribution in [2.45, 2.75) is 6.04 Å². The van der Waals surface area contributed by atoms with Crippen molar-refractivity contribution in [1.82, 2.24) is 5.32 Å². The molecule has 1 atom stereocenters. The zero-order valence-electron chi connectivity index (χ0n) is 7.39. The highest BCUT2D eigenvalue weighted by molar-refractivity contribution is 6.33. The quantitative estimate of drug-likeness (QED) is 0.778. The van der Waals surface area contributed by atoms with E-state index in [2.05, 4.69) is 10.1 Å². The Morgan fingerprint density at radius 2 is 2.07 bits per heavy atom. The van der Waals surface area contributed by atoms with Gasteiger partial charge >= 0.3 is 6.09 Å². The van der Waals surface area contributed by atoms with Gasteiger partial charge in [-0.1, -0.05) is 23.2 Å². The van der Waals surface area contributed by atoms with E-state index in [1.165, 1.54) is 12.1 Å². The van der Waals surface area contributed by atoms with Gasteiger partial charge in [-0.25, -0.2) is 9.18 Å². The molecular formula is C9H6Cl2FNO2. The number of nitrogens with one attached hydrogen (secondary N) is 1. The lowest BCUT2D eigenvalue weighted by molar-refractivity contribution is 0.177. The van der Waals surface area contributed by atoms with E-state index < -0.39 is 18.0 Å². The molecule has 80 valence electrons. The van der Waals surface area contributed by atoms with Crippen molar-refractivity contribution in [2.75, 3.05) is 6.61 Å². The van der Waals surface area contributed by atoms with Gasteiger partial charge in [-0.3, -0.25) is 0 Å². The molecule has 0 aliphatic carbocycles. The highest BCUT2D eigenvalue weighted by atomic mass is 35.5. The molecule has 0 radical (unpaired) electrons. The maximum absolute atomic E-state index is 13.6. The molecule has 0 bridgehead atoms. The number of hydrogen-bond donors (Lipinski definition) is 1. The summed E-state index contributed by atoms with van der Waals surface area (Å²) in [7, 11) is 0. The lowest BCUT2D eigenvalue weighted by Crippen LogP contribution is -2.19. The normalized spacial score (nSPS) is 19.9. The average molecular weight is 250 g/mol. The first-order valence-electron chi connectivity index (χ1n) is 4.16. The molecule has 1 fully saturated rings. The molecule has 0 spiro atoms. The maximum Gasteiger partial charge on any atom is 0.407 e. The second kappa shape index (κ2) is 3.87. The van der Waals surface area contributed by atoms with Crippen LogP contribution in [0.3, 0.4) is 0 Å². The second-order valence-electron chi connectivity index (χ2n) is 3.05. The fourth-order valence-electron chi connectivity index (χ4n) is 1.40. The zero-order valence-corrected chi connectivity index (χ0v) is 8.90. The van der Waals surface area contributed by atoms with Crippen LogP contribution in [0.1, 0.15) is 11.6 Å². The minimum Gasteiger partial charge on any atom is -0.447 e. The number of alkyl carbamates (subject to hydrolysis) is 1. The summed E-state index contributed by atoms with van der Waals surface area (Å²) in [6, 6.07) is 2.26. The molecule has 1 amide bonds. The third-order valence-corrected chi connectivity index (χ3v) is 2.72. The monoisotopic (exact) mass is 249 g/mol. The summed E-state index contributed by atoms with van der Waals surface area (Å²) in [4.78, 5) is 10.8. The number of carbonyl (C=O) groups excluding carboxylic acids is 1. The molecule has 1 aromatic carbocycles. The van der Waals surface area contributed by atoms with Crippen LogP contribution in [-0.2, 0) is 4.74 Å². The van der Waals surface area contributed by atoms with Gasteiger partial charge in [0, 0.05) is 10.6 Å². The van der Waals surface area contributed by atoms with Crippen LogP contribution in [-0.4, -0.2) is 12.7 Å². The number of cyclic esters (lactones) is 1. The molecule has 1 N–H and O–H groups in total. The molecule has 2 rings (SSSR count). The summed E-state index contributed by atoms with van der Waals surface area (Å²) in [6.45, 7) is 0.0514. The summed E-state index contributed by atoms with van der Waals surface area (Å²) >= 11 is 11.4. The lowest BCUT2D eigenvalue weighted by Gasteiger charge is -2.11. The summed E-state index contributed by atoms with van der Waals surface area (Å²) in [5.41, 5.74) is 0.162. The lowest BCUT2D eigenvalue weighted by atomic mass is 10.1. The summed E-state index contributed by atoms with van der Waals surface area (Å²) in [6.07, 6.45) is -0.588. The standard InChI is InChI=1S/C9H6Cl2FNO2/c10-4-1-2-5(11)8(12)7(4)6-3-15-9(14)13-6/h1-2,6H,3H2,(H,13,14)/t6-/m0/s1. The van der Waals surface area contributed by atoms with Gasteiger partial charge in [0.15, 0.2) is 0 Å². The molecule has 3 nitrogen and oxygen atoms in total. The fraction of sp³-hybridized carbons (Fsp3) is 0.222. The number of carbonyl (C=O) groups is 1. The van der Waals surface area contributed by atoms with E-state index in [1.807, 2.05) is 0 Å². The Morgan fingerprint density at radius 1 is 1.40 bits per heavy atom. The third-order valence-electron chi connectivity index (χ3n) is 2.10. The van der Waals surface area contributed by atoms with Gasteiger partial charge in [0.25, 0.3) is 0 Å². The van der Waals surface area contributed by atoms with Crippen molar-refractivity contribution in [3.8, 4) is 0 Å². The molecule has 0 saturated carbocycles. The van der Waals surface area contributed by atoms with Crippen LogP contribution in [0.4, 0.5) is 9.18 Å². The van der Waals surface area contributed by atoms with E-state index in [4.69, 9.17) is 23.2 Å². The molecular weight excluding hydrogens is 244 g/mol. The Hall–Kier alpha value is -1.00. The van der Waals surface area contributed by atoms with Crippen molar-refractivity contribution >= 4 is 29.3 Å². The topological polar surface area (TPSA) is 38.3 Å². The maximum atomic E-state index is 13.6. The number of halogens is 3. The van der Waals surface area contributed by atoms with Gasteiger partial charge in [-0.2, -0.15) is 0 Å². The summed E-state index contributed by atoms with van der Waals surface area (Å²) in [5.74, 6) is -0.625. The Labute approximate surface area is 95.1 Å². The Balaban J connectivity index is 2.43. The molecule has 1 aliphatic rings. The van der Waals surface area contributed by atoms with Crippen LogP contribution in [0.15, 0.2) is 12.1 Å². The number of ether oxygens (including phenoxy) is 1. The number of rotatable bonds is 1. The first kappa shape index (κ1) is 10.5. The number of hydrogen-bond acceptors (Lipinski definition) is 2. The van der Waals surface area contributed by atoms with Crippen LogP contribution in [0.25, 0.3) is 0 Å². The predicted molar refractivity (Wildman–Crippen MR) is 53.6 cm³/mol. The molecule has 6 heteroatoms. The van der Waals surface area contributed by atoms with Gasteiger partial charge in [0.05, 0.1) is 11.1 Å². The minimum atomic E-state index is -0.625. The second-order valence-corrected chi connectivity index (χ2v) is 3.87. The van der Waals surface area contributed by atoms with Gasteiger partial charge < -0.3 is 10.1 Å². The van der Waals surface area contributed by atoms with Crippen molar-refractivity contribution < 1.29 is 13.9 Å². The SMILES string of the molecule is O=C1N[C@H](c2c(Cl)ccc(Cl)c2F)CO1. The van der Waals surface area contributed by atoms with Crippen molar-refractivity contribution in [3.05, 3.63) is 33.6 Å². The predicted octanol–water partition coefficient (Wildman–Crippen LogP) is 2.91. The highest BCUT2D eigenvalue weighted by Crippen LogP contribution is 2.32. The van der Waals surface area contributed by atoms with E-state index >= 15 is 0 Å². The minimum absolute atomic E-state index is 0.0319. The van der Waals surface area contributed by atoms with E-state index in [-0.39, 0.29) is 22.2 Å². The van der Waals surface area contributed by atoms with Crippen molar-refractivity contribution in [1.29, 1.82) is 0 Å². The molecule has 15 heavy (non-hydrogen) atoms. The van der Waals surface area contributed by atoms with Gasteiger partial charge in [-0.05, 0) is 12.1 Å². The van der Waals surface area contributed by atoms with Crippen LogP contribution in [0.2, 0.25) is 10.0 Å². The zero-order chi connectivity index (χ0) is 11.0. The molecule has 0 unspecified atom stereocenters. The first-order chi connectivity index (χ1) is 7.09. The van der Waals surface area contributed by atoms with Gasteiger partial charge in [0.1, 0.15) is 12.4 Å². The molecule has 0 aromatic heterocycles. The van der Waals surface area contributed by atoms with Crippen molar-refractivity contribution in [3.63, 3.8) is 0 Å². The molecule has 1 aliphatic heterocycles. The van der Waals surface area contributed by atoms with Crippen LogP contribution in [0.5, 0.6) is 0 Å². The first-order valence-corrected chi connectivity index (χ1v) is 4.92. The smallest absolute Gasteiger partial charge is 0.407 e. The van der Waals surface area contributed by atoms with E-state index in [0.717, 1.165) is 0 Å². The average Bonchev–Trinajstić information content (AvgIpc) is 2.59.